The number of hydrogen-bond acceptors (Lipinski definition) is 3. The lowest BCUT2D eigenvalue weighted by atomic mass is 10.1. The first-order valence-corrected chi connectivity index (χ1v) is 6.24. The van der Waals surface area contributed by atoms with E-state index < -0.39 is 0 Å². The van der Waals surface area contributed by atoms with Gasteiger partial charge in [-0.3, -0.25) is 0 Å². The lowest BCUT2D eigenvalue weighted by molar-refractivity contribution is 0.318. The first-order chi connectivity index (χ1) is 9.02. The maximum Gasteiger partial charge on any atom is 0.171 e. The molecular weight excluding hydrogens is 264 g/mol. The number of nitrogens with two attached hydrogens (primary N) is 1. The van der Waals surface area contributed by atoms with Crippen LogP contribution in [-0.2, 0) is 0 Å². The van der Waals surface area contributed by atoms with Crippen LogP contribution in [0, 0.1) is 0 Å². The van der Waals surface area contributed by atoms with Gasteiger partial charge in [0.2, 0.25) is 0 Å². The molecule has 3 N–H and O–H groups in total. The summed E-state index contributed by atoms with van der Waals surface area (Å²) in [5.41, 5.74) is 7.85. The van der Waals surface area contributed by atoms with E-state index in [-0.39, 0.29) is 5.84 Å². The molecule has 0 unspecified atom stereocenters. The van der Waals surface area contributed by atoms with Gasteiger partial charge in [0.1, 0.15) is 0 Å². The second-order valence-corrected chi connectivity index (χ2v) is 4.90. The van der Waals surface area contributed by atoms with Gasteiger partial charge in [0.05, 0.1) is 16.4 Å². The Labute approximate surface area is 116 Å². The SMILES string of the molecule is CC(C)c1ccn(-c2ccc(C(N)=NO)c(Cl)c2)n1. The number of halogens is 1. The number of rotatable bonds is 3. The van der Waals surface area contributed by atoms with E-state index in [9.17, 15) is 0 Å². The first kappa shape index (κ1) is 13.4. The highest BCUT2D eigenvalue weighted by molar-refractivity contribution is 6.34. The minimum atomic E-state index is -0.0140. The zero-order valence-electron chi connectivity index (χ0n) is 10.7. The van der Waals surface area contributed by atoms with Crippen LogP contribution in [0.1, 0.15) is 31.0 Å². The summed E-state index contributed by atoms with van der Waals surface area (Å²) in [5.74, 6) is 0.355. The predicted molar refractivity (Wildman–Crippen MR) is 75.2 cm³/mol. The van der Waals surface area contributed by atoms with Crippen LogP contribution in [-0.4, -0.2) is 20.8 Å². The fourth-order valence-electron chi connectivity index (χ4n) is 1.70. The molecular formula is C13H15ClN4O. The summed E-state index contributed by atoms with van der Waals surface area (Å²) in [4.78, 5) is 0. The smallest absolute Gasteiger partial charge is 0.171 e. The average Bonchev–Trinajstić information content (AvgIpc) is 2.87. The van der Waals surface area contributed by atoms with Gasteiger partial charge >= 0.3 is 0 Å². The summed E-state index contributed by atoms with van der Waals surface area (Å²) in [7, 11) is 0. The minimum absolute atomic E-state index is 0.0140. The van der Waals surface area contributed by atoms with E-state index in [0.717, 1.165) is 11.4 Å². The molecule has 0 radical (unpaired) electrons. The van der Waals surface area contributed by atoms with Crippen LogP contribution in [0.2, 0.25) is 5.02 Å². The van der Waals surface area contributed by atoms with Gasteiger partial charge in [-0.25, -0.2) is 4.68 Å². The van der Waals surface area contributed by atoms with E-state index >= 15 is 0 Å². The Kier molecular flexibility index (Phi) is 3.76. The van der Waals surface area contributed by atoms with Crippen molar-refractivity contribution in [1.29, 1.82) is 0 Å². The zero-order valence-corrected chi connectivity index (χ0v) is 11.5. The van der Waals surface area contributed by atoms with Gasteiger partial charge in [-0.15, -0.1) is 0 Å². The van der Waals surface area contributed by atoms with E-state index in [1.54, 1.807) is 16.8 Å². The minimum Gasteiger partial charge on any atom is -0.409 e. The van der Waals surface area contributed by atoms with Crippen LogP contribution in [0.15, 0.2) is 35.6 Å². The first-order valence-electron chi connectivity index (χ1n) is 5.86. The largest absolute Gasteiger partial charge is 0.409 e. The van der Waals surface area contributed by atoms with Gasteiger partial charge in [-0.1, -0.05) is 30.6 Å². The molecule has 0 saturated heterocycles. The molecule has 0 bridgehead atoms. The van der Waals surface area contributed by atoms with Crippen molar-refractivity contribution < 1.29 is 5.21 Å². The Morgan fingerprint density at radius 1 is 1.42 bits per heavy atom. The summed E-state index contributed by atoms with van der Waals surface area (Å²) in [6.07, 6.45) is 1.88. The van der Waals surface area contributed by atoms with Gasteiger partial charge < -0.3 is 10.9 Å². The standard InChI is InChI=1S/C13H15ClN4O/c1-8(2)12-5-6-18(16-12)9-3-4-10(11(14)7-9)13(15)17-19/h3-8,19H,1-2H3,(H2,15,17). The highest BCUT2D eigenvalue weighted by Gasteiger charge is 2.09. The Balaban J connectivity index is 2.38. The van der Waals surface area contributed by atoms with Crippen LogP contribution < -0.4 is 5.73 Å². The summed E-state index contributed by atoms with van der Waals surface area (Å²) >= 11 is 6.11. The fraction of sp³-hybridized carbons (Fsp3) is 0.231. The van der Waals surface area contributed by atoms with Gasteiger partial charge in [-0.2, -0.15) is 5.10 Å². The molecule has 0 fully saturated rings. The molecule has 5 nitrogen and oxygen atoms in total. The van der Waals surface area contributed by atoms with Crippen molar-refractivity contribution in [2.45, 2.75) is 19.8 Å². The summed E-state index contributed by atoms with van der Waals surface area (Å²) in [6, 6.07) is 7.21. The van der Waals surface area contributed by atoms with Crippen molar-refractivity contribution in [2.24, 2.45) is 10.9 Å². The Bertz CT molecular complexity index is 619. The molecule has 0 spiro atoms. The molecule has 100 valence electrons. The zero-order chi connectivity index (χ0) is 14.0. The third-order valence-corrected chi connectivity index (χ3v) is 3.11. The number of aromatic nitrogens is 2. The van der Waals surface area contributed by atoms with Crippen molar-refractivity contribution in [3.63, 3.8) is 0 Å². The number of nitrogens with zero attached hydrogens (tertiary/aromatic N) is 3. The van der Waals surface area contributed by atoms with E-state index in [1.165, 1.54) is 0 Å². The number of amidine groups is 1. The van der Waals surface area contributed by atoms with E-state index in [1.807, 2.05) is 18.3 Å². The molecule has 1 aromatic carbocycles. The van der Waals surface area contributed by atoms with Crippen LogP contribution in [0.25, 0.3) is 5.69 Å². The Morgan fingerprint density at radius 2 is 2.16 bits per heavy atom. The maximum atomic E-state index is 8.65. The topological polar surface area (TPSA) is 76.4 Å². The van der Waals surface area contributed by atoms with Crippen molar-refractivity contribution in [2.75, 3.05) is 0 Å². The highest BCUT2D eigenvalue weighted by atomic mass is 35.5. The van der Waals surface area contributed by atoms with E-state index in [0.29, 0.717) is 16.5 Å². The van der Waals surface area contributed by atoms with Crippen LogP contribution in [0.4, 0.5) is 0 Å². The van der Waals surface area contributed by atoms with Crippen molar-refractivity contribution in [1.82, 2.24) is 9.78 Å². The average molecular weight is 279 g/mol. The number of oxime groups is 1. The van der Waals surface area contributed by atoms with E-state index in [2.05, 4.69) is 24.1 Å². The second kappa shape index (κ2) is 5.32. The van der Waals surface area contributed by atoms with Crippen LogP contribution >= 0.6 is 11.6 Å². The Morgan fingerprint density at radius 3 is 2.68 bits per heavy atom. The molecule has 19 heavy (non-hydrogen) atoms. The molecule has 2 aromatic rings. The summed E-state index contributed by atoms with van der Waals surface area (Å²) in [5, 5.41) is 16.5. The maximum absolute atomic E-state index is 8.65. The van der Waals surface area contributed by atoms with Gasteiger partial charge in [0.15, 0.2) is 5.84 Å². The van der Waals surface area contributed by atoms with E-state index in [4.69, 9.17) is 22.5 Å². The predicted octanol–water partition coefficient (Wildman–Crippen LogP) is 2.74. The molecule has 0 aliphatic rings. The molecule has 1 aromatic heterocycles. The van der Waals surface area contributed by atoms with Crippen molar-refractivity contribution in [3.8, 4) is 5.69 Å². The molecule has 1 heterocycles. The lowest BCUT2D eigenvalue weighted by Crippen LogP contribution is -2.13. The van der Waals surface area contributed by atoms with Gasteiger partial charge in [-0.05, 0) is 30.2 Å². The fourth-order valence-corrected chi connectivity index (χ4v) is 1.97. The summed E-state index contributed by atoms with van der Waals surface area (Å²) < 4.78 is 1.75. The third-order valence-electron chi connectivity index (χ3n) is 2.80. The van der Waals surface area contributed by atoms with Crippen molar-refractivity contribution in [3.05, 3.63) is 46.7 Å². The quantitative estimate of drug-likeness (QED) is 0.392. The lowest BCUT2D eigenvalue weighted by Gasteiger charge is -2.06. The highest BCUT2D eigenvalue weighted by Crippen LogP contribution is 2.21. The van der Waals surface area contributed by atoms with Crippen LogP contribution in [0.5, 0.6) is 0 Å². The van der Waals surface area contributed by atoms with Crippen LogP contribution in [0.3, 0.4) is 0 Å². The van der Waals surface area contributed by atoms with Gasteiger partial charge in [0, 0.05) is 11.8 Å². The van der Waals surface area contributed by atoms with Crippen molar-refractivity contribution >= 4 is 17.4 Å². The molecule has 0 aliphatic heterocycles. The monoisotopic (exact) mass is 278 g/mol. The number of hydrogen-bond donors (Lipinski definition) is 2. The molecule has 6 heteroatoms. The molecule has 0 aliphatic carbocycles. The molecule has 2 rings (SSSR count). The second-order valence-electron chi connectivity index (χ2n) is 4.49. The number of benzene rings is 1. The van der Waals surface area contributed by atoms with Gasteiger partial charge in [0.25, 0.3) is 0 Å². The molecule has 0 amide bonds. The Hall–Kier alpha value is -2.01. The summed E-state index contributed by atoms with van der Waals surface area (Å²) in [6.45, 7) is 4.17. The normalized spacial score (nSPS) is 12.1. The third kappa shape index (κ3) is 2.71. The molecule has 0 atom stereocenters. The molecule has 0 saturated carbocycles.